The van der Waals surface area contributed by atoms with Crippen LogP contribution in [-0.4, -0.2) is 30.4 Å². The van der Waals surface area contributed by atoms with Crippen molar-refractivity contribution in [3.63, 3.8) is 0 Å². The highest BCUT2D eigenvalue weighted by molar-refractivity contribution is 7.98. The lowest BCUT2D eigenvalue weighted by Crippen LogP contribution is -2.18. The standard InChI is InChI=1S/C15H19N3OS/c1-11-9-14(17-15(16-11)20-4)18(2)10-12-7-5-6-8-13(12)19-3/h5-9H,10H2,1-4H3. The summed E-state index contributed by atoms with van der Waals surface area (Å²) in [5.41, 5.74) is 2.12. The highest BCUT2D eigenvalue weighted by Gasteiger charge is 2.09. The van der Waals surface area contributed by atoms with Crippen LogP contribution in [-0.2, 0) is 6.54 Å². The van der Waals surface area contributed by atoms with Crippen LogP contribution < -0.4 is 9.64 Å². The Balaban J connectivity index is 2.23. The van der Waals surface area contributed by atoms with Crippen molar-refractivity contribution in [3.05, 3.63) is 41.6 Å². The zero-order chi connectivity index (χ0) is 14.5. The molecule has 0 fully saturated rings. The summed E-state index contributed by atoms with van der Waals surface area (Å²) in [6, 6.07) is 10.0. The minimum Gasteiger partial charge on any atom is -0.496 e. The van der Waals surface area contributed by atoms with Gasteiger partial charge < -0.3 is 9.64 Å². The minimum absolute atomic E-state index is 0.744. The number of hydrogen-bond donors (Lipinski definition) is 0. The fraction of sp³-hybridized carbons (Fsp3) is 0.333. The average molecular weight is 289 g/mol. The first-order valence-electron chi connectivity index (χ1n) is 6.36. The number of benzene rings is 1. The molecule has 2 rings (SSSR count). The van der Waals surface area contributed by atoms with Crippen molar-refractivity contribution in [3.8, 4) is 5.75 Å². The molecule has 4 nitrogen and oxygen atoms in total. The Labute approximate surface area is 124 Å². The third kappa shape index (κ3) is 3.42. The van der Waals surface area contributed by atoms with Crippen molar-refractivity contribution in [2.45, 2.75) is 18.6 Å². The van der Waals surface area contributed by atoms with Gasteiger partial charge in [0.25, 0.3) is 0 Å². The van der Waals surface area contributed by atoms with Gasteiger partial charge in [-0.2, -0.15) is 0 Å². The largest absolute Gasteiger partial charge is 0.496 e. The maximum absolute atomic E-state index is 5.39. The molecule has 5 heteroatoms. The van der Waals surface area contributed by atoms with E-state index in [0.29, 0.717) is 0 Å². The number of anilines is 1. The molecule has 106 valence electrons. The summed E-state index contributed by atoms with van der Waals surface area (Å²) in [6.45, 7) is 2.73. The maximum Gasteiger partial charge on any atom is 0.189 e. The van der Waals surface area contributed by atoms with Gasteiger partial charge in [0, 0.05) is 30.9 Å². The Morgan fingerprint density at radius 3 is 2.70 bits per heavy atom. The molecule has 2 aromatic rings. The zero-order valence-electron chi connectivity index (χ0n) is 12.3. The van der Waals surface area contributed by atoms with E-state index in [2.05, 4.69) is 20.9 Å². The number of thioether (sulfide) groups is 1. The van der Waals surface area contributed by atoms with Crippen LogP contribution in [0.4, 0.5) is 5.82 Å². The zero-order valence-corrected chi connectivity index (χ0v) is 13.1. The molecule has 0 bridgehead atoms. The molecule has 0 saturated heterocycles. The molecule has 0 aliphatic carbocycles. The SMILES string of the molecule is COc1ccccc1CN(C)c1cc(C)nc(SC)n1. The van der Waals surface area contributed by atoms with Crippen molar-refractivity contribution >= 4 is 17.6 Å². The maximum atomic E-state index is 5.39. The number of hydrogen-bond acceptors (Lipinski definition) is 5. The first-order chi connectivity index (χ1) is 9.63. The van der Waals surface area contributed by atoms with Gasteiger partial charge in [-0.05, 0) is 19.2 Å². The topological polar surface area (TPSA) is 38.2 Å². The fourth-order valence-corrected chi connectivity index (χ4v) is 2.40. The van der Waals surface area contributed by atoms with Crippen LogP contribution in [0.1, 0.15) is 11.3 Å². The van der Waals surface area contributed by atoms with Gasteiger partial charge in [0.2, 0.25) is 0 Å². The highest BCUT2D eigenvalue weighted by Crippen LogP contribution is 2.22. The first-order valence-corrected chi connectivity index (χ1v) is 7.59. The van der Waals surface area contributed by atoms with Crippen molar-refractivity contribution in [2.24, 2.45) is 0 Å². The molecule has 0 atom stereocenters. The van der Waals surface area contributed by atoms with E-state index < -0.39 is 0 Å². The molecular formula is C15H19N3OS. The average Bonchev–Trinajstić information content (AvgIpc) is 2.47. The van der Waals surface area contributed by atoms with E-state index in [1.807, 2.05) is 44.5 Å². The van der Waals surface area contributed by atoms with Crippen molar-refractivity contribution in [1.29, 1.82) is 0 Å². The molecule has 1 heterocycles. The summed E-state index contributed by atoms with van der Waals surface area (Å²) in [7, 11) is 3.72. The molecule has 0 aliphatic heterocycles. The van der Waals surface area contributed by atoms with Crippen molar-refractivity contribution in [2.75, 3.05) is 25.3 Å². The molecule has 0 radical (unpaired) electrons. The van der Waals surface area contributed by atoms with E-state index in [1.54, 1.807) is 18.9 Å². The van der Waals surface area contributed by atoms with E-state index in [0.717, 1.165) is 34.5 Å². The normalized spacial score (nSPS) is 10.4. The molecule has 0 aliphatic rings. The Kier molecular flexibility index (Phi) is 4.84. The predicted octanol–water partition coefficient (Wildman–Crippen LogP) is 3.15. The fourth-order valence-electron chi connectivity index (χ4n) is 1.98. The third-order valence-electron chi connectivity index (χ3n) is 2.99. The van der Waals surface area contributed by atoms with Crippen molar-refractivity contribution < 1.29 is 4.74 Å². The summed E-state index contributed by atoms with van der Waals surface area (Å²) < 4.78 is 5.39. The second kappa shape index (κ2) is 6.61. The van der Waals surface area contributed by atoms with Gasteiger partial charge in [-0.3, -0.25) is 0 Å². The van der Waals surface area contributed by atoms with Gasteiger partial charge in [-0.1, -0.05) is 30.0 Å². The molecule has 20 heavy (non-hydrogen) atoms. The second-order valence-corrected chi connectivity index (χ2v) is 5.30. The first kappa shape index (κ1) is 14.7. The van der Waals surface area contributed by atoms with Crippen LogP contribution in [0.25, 0.3) is 0 Å². The number of nitrogens with zero attached hydrogens (tertiary/aromatic N) is 3. The number of para-hydroxylation sites is 1. The van der Waals surface area contributed by atoms with Crippen LogP contribution in [0.15, 0.2) is 35.5 Å². The van der Waals surface area contributed by atoms with E-state index in [-0.39, 0.29) is 0 Å². The van der Waals surface area contributed by atoms with Gasteiger partial charge in [0.1, 0.15) is 11.6 Å². The Bertz CT molecular complexity index is 589. The van der Waals surface area contributed by atoms with Gasteiger partial charge in [-0.25, -0.2) is 9.97 Å². The third-order valence-corrected chi connectivity index (χ3v) is 3.54. The molecule has 0 saturated carbocycles. The van der Waals surface area contributed by atoms with E-state index >= 15 is 0 Å². The number of rotatable bonds is 5. The molecular weight excluding hydrogens is 270 g/mol. The van der Waals surface area contributed by atoms with Crippen LogP contribution >= 0.6 is 11.8 Å². The quantitative estimate of drug-likeness (QED) is 0.624. The summed E-state index contributed by atoms with van der Waals surface area (Å²) in [6.07, 6.45) is 1.98. The summed E-state index contributed by atoms with van der Waals surface area (Å²) in [4.78, 5) is 11.0. The van der Waals surface area contributed by atoms with E-state index in [9.17, 15) is 0 Å². The summed E-state index contributed by atoms with van der Waals surface area (Å²) >= 11 is 1.55. The number of aryl methyl sites for hydroxylation is 1. The van der Waals surface area contributed by atoms with E-state index in [4.69, 9.17) is 4.74 Å². The lowest BCUT2D eigenvalue weighted by Gasteiger charge is -2.20. The highest BCUT2D eigenvalue weighted by atomic mass is 32.2. The van der Waals surface area contributed by atoms with E-state index in [1.165, 1.54) is 0 Å². The lowest BCUT2D eigenvalue weighted by molar-refractivity contribution is 0.409. The number of ether oxygens (including phenoxy) is 1. The van der Waals surface area contributed by atoms with Crippen molar-refractivity contribution in [1.82, 2.24) is 9.97 Å². The van der Waals surface area contributed by atoms with Gasteiger partial charge >= 0.3 is 0 Å². The molecule has 1 aromatic carbocycles. The van der Waals surface area contributed by atoms with Crippen LogP contribution in [0.2, 0.25) is 0 Å². The number of aromatic nitrogens is 2. The van der Waals surface area contributed by atoms with Gasteiger partial charge in [-0.15, -0.1) is 0 Å². The Morgan fingerprint density at radius 2 is 2.00 bits per heavy atom. The molecule has 0 amide bonds. The van der Waals surface area contributed by atoms with Gasteiger partial charge in [0.15, 0.2) is 5.16 Å². The smallest absolute Gasteiger partial charge is 0.189 e. The predicted molar refractivity (Wildman–Crippen MR) is 83.7 cm³/mol. The summed E-state index contributed by atoms with van der Waals surface area (Å²) in [5, 5.41) is 0.798. The summed E-state index contributed by atoms with van der Waals surface area (Å²) in [5.74, 6) is 1.82. The molecule has 1 aromatic heterocycles. The minimum atomic E-state index is 0.744. The lowest BCUT2D eigenvalue weighted by atomic mass is 10.2. The Morgan fingerprint density at radius 1 is 1.25 bits per heavy atom. The Hall–Kier alpha value is -1.75. The second-order valence-electron chi connectivity index (χ2n) is 4.52. The van der Waals surface area contributed by atoms with Crippen LogP contribution in [0.3, 0.4) is 0 Å². The van der Waals surface area contributed by atoms with Gasteiger partial charge in [0.05, 0.1) is 7.11 Å². The molecule has 0 unspecified atom stereocenters. The molecule has 0 spiro atoms. The van der Waals surface area contributed by atoms with Crippen LogP contribution in [0.5, 0.6) is 5.75 Å². The number of methoxy groups -OCH3 is 1. The monoisotopic (exact) mass is 289 g/mol. The molecule has 0 N–H and O–H groups in total. The van der Waals surface area contributed by atoms with Crippen LogP contribution in [0, 0.1) is 6.92 Å².